The smallest absolute Gasteiger partial charge is 0.239 e. The first kappa shape index (κ1) is 22.0. The van der Waals surface area contributed by atoms with Crippen molar-refractivity contribution in [1.29, 1.82) is 0 Å². The van der Waals surface area contributed by atoms with Crippen molar-refractivity contribution >= 4 is 47.4 Å². The molecule has 23 heavy (non-hydrogen) atoms. The number of nitrogens with zero attached hydrogens (tertiary/aromatic N) is 1. The number of amides is 1. The molecule has 1 aromatic carbocycles. The Morgan fingerprint density at radius 2 is 1.87 bits per heavy atom. The molecule has 0 atom stereocenters. The van der Waals surface area contributed by atoms with Crippen LogP contribution in [0.15, 0.2) is 29.3 Å². The molecule has 7 heteroatoms. The van der Waals surface area contributed by atoms with Crippen molar-refractivity contribution < 1.29 is 4.79 Å². The van der Waals surface area contributed by atoms with Gasteiger partial charge in [-0.1, -0.05) is 29.8 Å². The first-order valence-electron chi connectivity index (χ1n) is 7.38. The average molecular weight is 453 g/mol. The van der Waals surface area contributed by atoms with Crippen molar-refractivity contribution in [3.8, 4) is 0 Å². The molecule has 0 spiro atoms. The summed E-state index contributed by atoms with van der Waals surface area (Å²) in [5.74, 6) is 0.516. The van der Waals surface area contributed by atoms with Crippen LogP contribution in [0, 0.1) is 0 Å². The molecule has 1 aromatic rings. The number of benzene rings is 1. The second kappa shape index (κ2) is 10.7. The quantitative estimate of drug-likeness (QED) is 0.366. The molecule has 0 bridgehead atoms. The summed E-state index contributed by atoms with van der Waals surface area (Å²) < 4.78 is 0. The molecule has 0 aromatic heterocycles. The van der Waals surface area contributed by atoms with E-state index in [9.17, 15) is 4.79 Å². The third-order valence-electron chi connectivity index (χ3n) is 2.64. The molecule has 0 fully saturated rings. The lowest BCUT2D eigenvalue weighted by molar-refractivity contribution is -0.121. The molecular formula is C16H26ClIN4O. The van der Waals surface area contributed by atoms with Gasteiger partial charge in [0.15, 0.2) is 5.96 Å². The number of carbonyl (C=O) groups is 1. The highest BCUT2D eigenvalue weighted by Gasteiger charge is 2.13. The number of guanidine groups is 1. The Morgan fingerprint density at radius 1 is 1.22 bits per heavy atom. The SMILES string of the molecule is CCNC(=NCc1ccccc1Cl)NCC(=O)NC(C)(C)C.I. The summed E-state index contributed by atoms with van der Waals surface area (Å²) in [4.78, 5) is 16.3. The molecule has 0 aliphatic rings. The summed E-state index contributed by atoms with van der Waals surface area (Å²) in [5.41, 5.74) is 0.701. The average Bonchev–Trinajstić information content (AvgIpc) is 2.41. The van der Waals surface area contributed by atoms with E-state index in [-0.39, 0.29) is 42.0 Å². The van der Waals surface area contributed by atoms with Crippen molar-refractivity contribution in [1.82, 2.24) is 16.0 Å². The van der Waals surface area contributed by atoms with Gasteiger partial charge in [-0.2, -0.15) is 0 Å². The van der Waals surface area contributed by atoms with E-state index < -0.39 is 0 Å². The van der Waals surface area contributed by atoms with Gasteiger partial charge >= 0.3 is 0 Å². The molecule has 0 saturated heterocycles. The normalized spacial score (nSPS) is 11.4. The van der Waals surface area contributed by atoms with E-state index in [1.165, 1.54) is 0 Å². The molecule has 0 heterocycles. The predicted molar refractivity (Wildman–Crippen MR) is 108 cm³/mol. The van der Waals surface area contributed by atoms with E-state index in [1.807, 2.05) is 52.0 Å². The molecule has 0 saturated carbocycles. The maximum absolute atomic E-state index is 11.8. The summed E-state index contributed by atoms with van der Waals surface area (Å²) in [5, 5.41) is 9.70. The van der Waals surface area contributed by atoms with Gasteiger partial charge in [-0.25, -0.2) is 4.99 Å². The van der Waals surface area contributed by atoms with E-state index in [0.29, 0.717) is 17.5 Å². The maximum Gasteiger partial charge on any atom is 0.239 e. The van der Waals surface area contributed by atoms with Crippen molar-refractivity contribution in [2.45, 2.75) is 39.8 Å². The Morgan fingerprint density at radius 3 is 2.43 bits per heavy atom. The molecule has 130 valence electrons. The third kappa shape index (κ3) is 9.65. The van der Waals surface area contributed by atoms with Gasteiger partial charge in [0.05, 0.1) is 13.1 Å². The van der Waals surface area contributed by atoms with Crippen LogP contribution >= 0.6 is 35.6 Å². The van der Waals surface area contributed by atoms with E-state index >= 15 is 0 Å². The lowest BCUT2D eigenvalue weighted by atomic mass is 10.1. The van der Waals surface area contributed by atoms with Gasteiger partial charge < -0.3 is 16.0 Å². The zero-order valence-corrected chi connectivity index (χ0v) is 17.2. The Balaban J connectivity index is 0.00000484. The van der Waals surface area contributed by atoms with Crippen molar-refractivity contribution in [2.75, 3.05) is 13.1 Å². The number of hydrogen-bond donors (Lipinski definition) is 3. The van der Waals surface area contributed by atoms with Gasteiger partial charge in [0.1, 0.15) is 0 Å². The molecule has 0 unspecified atom stereocenters. The van der Waals surface area contributed by atoms with E-state index in [4.69, 9.17) is 11.6 Å². The molecule has 5 nitrogen and oxygen atoms in total. The standard InChI is InChI=1S/C16H25ClN4O.HI/c1-5-18-15(20-11-14(22)21-16(2,3)4)19-10-12-8-6-7-9-13(12)17;/h6-9H,5,10-11H2,1-4H3,(H,21,22)(H2,18,19,20);1H. The van der Waals surface area contributed by atoms with Crippen LogP contribution in [0.1, 0.15) is 33.3 Å². The second-order valence-corrected chi connectivity index (χ2v) is 6.35. The Labute approximate surface area is 160 Å². The fraction of sp³-hybridized carbons (Fsp3) is 0.500. The number of carbonyl (C=O) groups excluding carboxylic acids is 1. The van der Waals surface area contributed by atoms with Gasteiger partial charge in [0.25, 0.3) is 0 Å². The molecule has 1 amide bonds. The summed E-state index contributed by atoms with van der Waals surface area (Å²) in [6, 6.07) is 7.58. The minimum absolute atomic E-state index is 0. The monoisotopic (exact) mass is 452 g/mol. The van der Waals surface area contributed by atoms with Gasteiger partial charge in [-0.15, -0.1) is 24.0 Å². The topological polar surface area (TPSA) is 65.5 Å². The summed E-state index contributed by atoms with van der Waals surface area (Å²) in [6.45, 7) is 9.16. The van der Waals surface area contributed by atoms with Crippen molar-refractivity contribution in [3.63, 3.8) is 0 Å². The van der Waals surface area contributed by atoms with E-state index in [0.717, 1.165) is 12.1 Å². The number of nitrogens with one attached hydrogen (secondary N) is 3. The molecule has 0 aliphatic carbocycles. The molecule has 0 aliphatic heterocycles. The van der Waals surface area contributed by atoms with Crippen LogP contribution in [0.3, 0.4) is 0 Å². The zero-order chi connectivity index (χ0) is 16.6. The fourth-order valence-corrected chi connectivity index (χ4v) is 1.95. The van der Waals surface area contributed by atoms with Crippen molar-refractivity contribution in [2.24, 2.45) is 4.99 Å². The Bertz CT molecular complexity index is 529. The van der Waals surface area contributed by atoms with Crippen LogP contribution < -0.4 is 16.0 Å². The molecule has 0 radical (unpaired) electrons. The van der Waals surface area contributed by atoms with Crippen LogP contribution in [0.2, 0.25) is 5.02 Å². The molecule has 3 N–H and O–H groups in total. The number of aliphatic imine (C=N–C) groups is 1. The number of hydrogen-bond acceptors (Lipinski definition) is 2. The van der Waals surface area contributed by atoms with Crippen LogP contribution in [-0.4, -0.2) is 30.5 Å². The van der Waals surface area contributed by atoms with Crippen LogP contribution in [0.5, 0.6) is 0 Å². The highest BCUT2D eigenvalue weighted by molar-refractivity contribution is 14.0. The van der Waals surface area contributed by atoms with Gasteiger partial charge in [0.2, 0.25) is 5.91 Å². The highest BCUT2D eigenvalue weighted by atomic mass is 127. The Kier molecular flexibility index (Phi) is 10.2. The zero-order valence-electron chi connectivity index (χ0n) is 14.1. The minimum Gasteiger partial charge on any atom is -0.357 e. The summed E-state index contributed by atoms with van der Waals surface area (Å²) in [6.07, 6.45) is 0. The fourth-order valence-electron chi connectivity index (χ4n) is 1.76. The highest BCUT2D eigenvalue weighted by Crippen LogP contribution is 2.15. The van der Waals surface area contributed by atoms with Gasteiger partial charge in [0, 0.05) is 17.1 Å². The first-order valence-corrected chi connectivity index (χ1v) is 7.76. The Hall–Kier alpha value is -1.02. The van der Waals surface area contributed by atoms with Gasteiger partial charge in [-0.3, -0.25) is 4.79 Å². The molecular weight excluding hydrogens is 427 g/mol. The summed E-state index contributed by atoms with van der Waals surface area (Å²) >= 11 is 6.11. The van der Waals surface area contributed by atoms with E-state index in [1.54, 1.807) is 0 Å². The number of halogens is 2. The molecule has 1 rings (SSSR count). The third-order valence-corrected chi connectivity index (χ3v) is 3.01. The van der Waals surface area contributed by atoms with Crippen LogP contribution in [0.25, 0.3) is 0 Å². The summed E-state index contributed by atoms with van der Waals surface area (Å²) in [7, 11) is 0. The first-order chi connectivity index (χ1) is 10.3. The van der Waals surface area contributed by atoms with Gasteiger partial charge in [-0.05, 0) is 39.3 Å². The maximum atomic E-state index is 11.8. The minimum atomic E-state index is -0.244. The lowest BCUT2D eigenvalue weighted by Crippen LogP contribution is -2.48. The predicted octanol–water partition coefficient (Wildman–Crippen LogP) is 2.93. The van der Waals surface area contributed by atoms with Crippen LogP contribution in [-0.2, 0) is 11.3 Å². The van der Waals surface area contributed by atoms with Crippen LogP contribution in [0.4, 0.5) is 0 Å². The second-order valence-electron chi connectivity index (χ2n) is 5.94. The van der Waals surface area contributed by atoms with Crippen molar-refractivity contribution in [3.05, 3.63) is 34.9 Å². The number of rotatable bonds is 5. The largest absolute Gasteiger partial charge is 0.357 e. The van der Waals surface area contributed by atoms with E-state index in [2.05, 4.69) is 20.9 Å². The lowest BCUT2D eigenvalue weighted by Gasteiger charge is -2.21.